The van der Waals surface area contributed by atoms with E-state index in [-0.39, 0.29) is 6.04 Å². The van der Waals surface area contributed by atoms with Crippen molar-refractivity contribution < 1.29 is 0 Å². The molecule has 2 N–H and O–H groups in total. The number of nitrogens with zero attached hydrogens (tertiary/aromatic N) is 4. The Kier molecular flexibility index (Phi) is 5.18. The minimum atomic E-state index is 0.120. The summed E-state index contributed by atoms with van der Waals surface area (Å²) in [5, 5.41) is 11.1. The van der Waals surface area contributed by atoms with Gasteiger partial charge in [0.15, 0.2) is 5.96 Å². The lowest BCUT2D eigenvalue weighted by Crippen LogP contribution is -2.38. The third-order valence-electron chi connectivity index (χ3n) is 4.20. The minimum absolute atomic E-state index is 0.120. The molecule has 1 aromatic carbocycles. The fraction of sp³-hybridized carbons (Fsp3) is 0.263. The zero-order chi connectivity index (χ0) is 17.6. The average Bonchev–Trinajstić information content (AvgIpc) is 3.30. The zero-order valence-electron chi connectivity index (χ0n) is 14.8. The van der Waals surface area contributed by atoms with Crippen LogP contribution >= 0.6 is 0 Å². The molecule has 2 aromatic heterocycles. The lowest BCUT2D eigenvalue weighted by molar-refractivity contribution is 0.675. The van der Waals surface area contributed by atoms with Crippen LogP contribution < -0.4 is 10.6 Å². The highest BCUT2D eigenvalue weighted by molar-refractivity contribution is 5.80. The largest absolute Gasteiger partial charge is 0.353 e. The standard InChI is InChI=1S/C19H24N6/c1-15(16-7-4-8-17(13-16)25-12-6-10-22-25)23-19(20-2)21-14-18-9-5-11-24(18)3/h4-13,15H,14H2,1-3H3,(H2,20,21,23). The molecule has 1 unspecified atom stereocenters. The highest BCUT2D eigenvalue weighted by Gasteiger charge is 2.09. The lowest BCUT2D eigenvalue weighted by Gasteiger charge is -2.19. The summed E-state index contributed by atoms with van der Waals surface area (Å²) in [5.41, 5.74) is 3.43. The molecule has 25 heavy (non-hydrogen) atoms. The van der Waals surface area contributed by atoms with Gasteiger partial charge in [0, 0.05) is 38.4 Å². The maximum Gasteiger partial charge on any atom is 0.191 e. The third kappa shape index (κ3) is 4.09. The van der Waals surface area contributed by atoms with Gasteiger partial charge in [0.1, 0.15) is 0 Å². The number of hydrogen-bond acceptors (Lipinski definition) is 2. The number of nitrogens with one attached hydrogen (secondary N) is 2. The number of benzene rings is 1. The molecule has 0 fully saturated rings. The van der Waals surface area contributed by atoms with Gasteiger partial charge in [0.2, 0.25) is 0 Å². The van der Waals surface area contributed by atoms with Gasteiger partial charge in [-0.1, -0.05) is 12.1 Å². The monoisotopic (exact) mass is 336 g/mol. The number of aryl methyl sites for hydroxylation is 1. The van der Waals surface area contributed by atoms with Crippen molar-refractivity contribution in [2.24, 2.45) is 12.0 Å². The SMILES string of the molecule is CN=C(NCc1cccn1C)NC(C)c1cccc(-n2cccn2)c1. The van der Waals surface area contributed by atoms with Crippen molar-refractivity contribution in [3.05, 3.63) is 72.3 Å². The fourth-order valence-corrected chi connectivity index (χ4v) is 2.70. The zero-order valence-corrected chi connectivity index (χ0v) is 14.8. The van der Waals surface area contributed by atoms with E-state index in [4.69, 9.17) is 0 Å². The molecular formula is C19H24N6. The first-order valence-corrected chi connectivity index (χ1v) is 8.35. The van der Waals surface area contributed by atoms with Crippen LogP contribution in [0, 0.1) is 0 Å². The van der Waals surface area contributed by atoms with Crippen LogP contribution in [0.2, 0.25) is 0 Å². The molecule has 0 aliphatic heterocycles. The maximum atomic E-state index is 4.32. The molecule has 3 rings (SSSR count). The summed E-state index contributed by atoms with van der Waals surface area (Å²) < 4.78 is 3.95. The van der Waals surface area contributed by atoms with E-state index < -0.39 is 0 Å². The summed E-state index contributed by atoms with van der Waals surface area (Å²) in [6.07, 6.45) is 5.76. The predicted molar refractivity (Wildman–Crippen MR) is 101 cm³/mol. The molecular weight excluding hydrogens is 312 g/mol. The molecule has 0 bridgehead atoms. The first-order chi connectivity index (χ1) is 12.2. The van der Waals surface area contributed by atoms with Crippen LogP contribution in [0.3, 0.4) is 0 Å². The second kappa shape index (κ2) is 7.70. The summed E-state index contributed by atoms with van der Waals surface area (Å²) in [7, 11) is 3.82. The van der Waals surface area contributed by atoms with Gasteiger partial charge in [0.05, 0.1) is 18.3 Å². The van der Waals surface area contributed by atoms with Crippen molar-refractivity contribution in [3.63, 3.8) is 0 Å². The molecule has 0 aliphatic carbocycles. The van der Waals surface area contributed by atoms with Crippen LogP contribution in [0.1, 0.15) is 24.2 Å². The number of aromatic nitrogens is 3. The van der Waals surface area contributed by atoms with Crippen molar-refractivity contribution in [1.82, 2.24) is 25.0 Å². The Balaban J connectivity index is 1.65. The first kappa shape index (κ1) is 16.8. The fourth-order valence-electron chi connectivity index (χ4n) is 2.70. The Labute approximate surface area is 148 Å². The van der Waals surface area contributed by atoms with Crippen molar-refractivity contribution in [2.75, 3.05) is 7.05 Å². The quantitative estimate of drug-likeness (QED) is 0.556. The normalized spacial score (nSPS) is 12.8. The summed E-state index contributed by atoms with van der Waals surface area (Å²) in [6, 6.07) is 14.5. The maximum absolute atomic E-state index is 4.32. The van der Waals surface area contributed by atoms with E-state index in [0.29, 0.717) is 0 Å². The smallest absolute Gasteiger partial charge is 0.191 e. The average molecular weight is 336 g/mol. The molecule has 2 heterocycles. The second-order valence-electron chi connectivity index (χ2n) is 5.95. The van der Waals surface area contributed by atoms with Crippen molar-refractivity contribution in [2.45, 2.75) is 19.5 Å². The van der Waals surface area contributed by atoms with Crippen LogP contribution in [-0.4, -0.2) is 27.4 Å². The van der Waals surface area contributed by atoms with Gasteiger partial charge in [-0.15, -0.1) is 0 Å². The molecule has 1 atom stereocenters. The molecule has 0 amide bonds. The van der Waals surface area contributed by atoms with E-state index in [1.165, 1.54) is 11.3 Å². The Morgan fingerprint density at radius 1 is 1.20 bits per heavy atom. The van der Waals surface area contributed by atoms with Crippen LogP contribution in [-0.2, 0) is 13.6 Å². The van der Waals surface area contributed by atoms with Gasteiger partial charge in [-0.2, -0.15) is 5.10 Å². The summed E-state index contributed by atoms with van der Waals surface area (Å²) in [6.45, 7) is 2.85. The molecule has 6 nitrogen and oxygen atoms in total. The number of hydrogen-bond donors (Lipinski definition) is 2. The van der Waals surface area contributed by atoms with E-state index in [9.17, 15) is 0 Å². The van der Waals surface area contributed by atoms with E-state index in [1.54, 1.807) is 13.2 Å². The molecule has 6 heteroatoms. The first-order valence-electron chi connectivity index (χ1n) is 8.35. The van der Waals surface area contributed by atoms with Crippen LogP contribution in [0.4, 0.5) is 0 Å². The van der Waals surface area contributed by atoms with Crippen molar-refractivity contribution in [3.8, 4) is 5.69 Å². The highest BCUT2D eigenvalue weighted by Crippen LogP contribution is 2.16. The molecule has 3 aromatic rings. The van der Waals surface area contributed by atoms with Gasteiger partial charge in [0.25, 0.3) is 0 Å². The van der Waals surface area contributed by atoms with E-state index in [1.807, 2.05) is 48.4 Å². The molecule has 0 saturated heterocycles. The van der Waals surface area contributed by atoms with Gasteiger partial charge >= 0.3 is 0 Å². The Morgan fingerprint density at radius 3 is 2.76 bits per heavy atom. The summed E-state index contributed by atoms with van der Waals surface area (Å²) >= 11 is 0. The van der Waals surface area contributed by atoms with E-state index in [0.717, 1.165) is 18.2 Å². The van der Waals surface area contributed by atoms with Gasteiger partial charge in [-0.25, -0.2) is 4.68 Å². The Morgan fingerprint density at radius 2 is 2.08 bits per heavy atom. The number of guanidine groups is 1. The summed E-state index contributed by atoms with van der Waals surface area (Å²) in [4.78, 5) is 4.32. The summed E-state index contributed by atoms with van der Waals surface area (Å²) in [5.74, 6) is 0.776. The molecule has 0 radical (unpaired) electrons. The number of rotatable bonds is 5. The van der Waals surface area contributed by atoms with Crippen LogP contribution in [0.15, 0.2) is 66.0 Å². The lowest BCUT2D eigenvalue weighted by atomic mass is 10.1. The number of aliphatic imine (C=N–C) groups is 1. The Hall–Kier alpha value is -3.02. The minimum Gasteiger partial charge on any atom is -0.353 e. The second-order valence-corrected chi connectivity index (χ2v) is 5.95. The molecule has 130 valence electrons. The Bertz CT molecular complexity index is 831. The van der Waals surface area contributed by atoms with Crippen LogP contribution in [0.25, 0.3) is 5.69 Å². The van der Waals surface area contributed by atoms with Crippen molar-refractivity contribution >= 4 is 5.96 Å². The highest BCUT2D eigenvalue weighted by atomic mass is 15.3. The molecule has 0 aliphatic rings. The van der Waals surface area contributed by atoms with Gasteiger partial charge in [-0.3, -0.25) is 4.99 Å². The van der Waals surface area contributed by atoms with Crippen LogP contribution in [0.5, 0.6) is 0 Å². The topological polar surface area (TPSA) is 59.2 Å². The van der Waals surface area contributed by atoms with Gasteiger partial charge < -0.3 is 15.2 Å². The van der Waals surface area contributed by atoms with Crippen molar-refractivity contribution in [1.29, 1.82) is 0 Å². The van der Waals surface area contributed by atoms with E-state index >= 15 is 0 Å². The third-order valence-corrected chi connectivity index (χ3v) is 4.20. The van der Waals surface area contributed by atoms with E-state index in [2.05, 4.69) is 50.4 Å². The predicted octanol–water partition coefficient (Wildman–Crippen LogP) is 2.64. The van der Waals surface area contributed by atoms with Gasteiger partial charge in [-0.05, 0) is 42.8 Å². The molecule has 0 spiro atoms. The molecule has 0 saturated carbocycles.